The highest BCUT2D eigenvalue weighted by atomic mass is 28.4. The van der Waals surface area contributed by atoms with Crippen LogP contribution in [-0.4, -0.2) is 52.1 Å². The second kappa shape index (κ2) is 17.4. The van der Waals surface area contributed by atoms with Crippen molar-refractivity contribution in [3.63, 3.8) is 0 Å². The van der Waals surface area contributed by atoms with Gasteiger partial charge in [0.2, 0.25) is 0 Å². The molecule has 0 bridgehead atoms. The third-order valence-corrected chi connectivity index (χ3v) is 13.7. The summed E-state index contributed by atoms with van der Waals surface area (Å²) in [6.07, 6.45) is -2.45. The second-order valence-electron chi connectivity index (χ2n) is 13.1. The van der Waals surface area contributed by atoms with Crippen LogP contribution in [0.4, 0.5) is 0 Å². The Morgan fingerprint density at radius 3 is 1.49 bits per heavy atom. The van der Waals surface area contributed by atoms with Crippen LogP contribution >= 0.6 is 0 Å². The minimum Gasteiger partial charge on any atom is -0.497 e. The van der Waals surface area contributed by atoms with Crippen LogP contribution < -0.4 is 19.8 Å². The number of ether oxygens (including phenoxy) is 4. The smallest absolute Gasteiger partial charge is 0.261 e. The Morgan fingerprint density at radius 2 is 1.02 bits per heavy atom. The Labute approximate surface area is 292 Å². The first-order chi connectivity index (χ1) is 23.8. The highest BCUT2D eigenvalue weighted by Crippen LogP contribution is 2.37. The molecule has 0 spiro atoms. The first-order valence-corrected chi connectivity index (χ1v) is 18.7. The average Bonchev–Trinajstić information content (AvgIpc) is 3.14. The molecular weight excluding hydrogens is 629 g/mol. The molecule has 3 unspecified atom stereocenters. The molecule has 0 radical (unpaired) electrons. The van der Waals surface area contributed by atoms with Gasteiger partial charge in [0.05, 0.1) is 26.9 Å². The Morgan fingerprint density at radius 1 is 0.571 bits per heavy atom. The normalized spacial score (nSPS) is 13.7. The Balaban J connectivity index is 1.49. The average molecular weight is 677 g/mol. The molecule has 7 heteroatoms. The van der Waals surface area contributed by atoms with E-state index in [0.29, 0.717) is 12.4 Å². The molecular formula is C42H48O6Si. The van der Waals surface area contributed by atoms with Gasteiger partial charge in [-0.1, -0.05) is 142 Å². The highest BCUT2D eigenvalue weighted by molar-refractivity contribution is 6.99. The summed E-state index contributed by atoms with van der Waals surface area (Å²) in [5, 5.41) is 13.9. The van der Waals surface area contributed by atoms with Crippen molar-refractivity contribution in [2.75, 3.05) is 20.3 Å². The van der Waals surface area contributed by atoms with E-state index in [2.05, 4.69) is 69.3 Å². The summed E-state index contributed by atoms with van der Waals surface area (Å²) in [7, 11) is -1.30. The number of aliphatic hydroxyl groups excluding tert-OH is 1. The maximum atomic E-state index is 11.8. The maximum absolute atomic E-state index is 11.8. The van der Waals surface area contributed by atoms with Crippen molar-refractivity contribution in [2.24, 2.45) is 0 Å². The fourth-order valence-corrected chi connectivity index (χ4v) is 10.7. The molecule has 1 N–H and O–H groups in total. The summed E-state index contributed by atoms with van der Waals surface area (Å²) in [6, 6.07) is 48.3. The van der Waals surface area contributed by atoms with Crippen LogP contribution in [0.25, 0.3) is 0 Å². The number of benzene rings is 5. The van der Waals surface area contributed by atoms with E-state index in [1.165, 1.54) is 10.4 Å². The molecule has 5 aromatic carbocycles. The van der Waals surface area contributed by atoms with E-state index < -0.39 is 26.6 Å². The number of methoxy groups -OCH3 is 1. The van der Waals surface area contributed by atoms with E-state index in [4.69, 9.17) is 23.4 Å². The fourth-order valence-electron chi connectivity index (χ4n) is 6.17. The van der Waals surface area contributed by atoms with Crippen LogP contribution in [0.5, 0.6) is 11.5 Å². The summed E-state index contributed by atoms with van der Waals surface area (Å²) in [5.74, 6) is 1.35. The largest absolute Gasteiger partial charge is 0.497 e. The molecule has 0 heterocycles. The van der Waals surface area contributed by atoms with Crippen molar-refractivity contribution in [1.29, 1.82) is 0 Å². The summed E-state index contributed by atoms with van der Waals surface area (Å²) in [4.78, 5) is 0. The van der Waals surface area contributed by atoms with Crippen molar-refractivity contribution in [3.8, 4) is 11.5 Å². The molecule has 0 amide bonds. The topological polar surface area (TPSA) is 66.4 Å². The van der Waals surface area contributed by atoms with Gasteiger partial charge in [0.25, 0.3) is 8.32 Å². The molecule has 0 aliphatic heterocycles. The van der Waals surface area contributed by atoms with Crippen molar-refractivity contribution in [1.82, 2.24) is 0 Å². The van der Waals surface area contributed by atoms with Gasteiger partial charge in [0, 0.05) is 0 Å². The van der Waals surface area contributed by atoms with Crippen molar-refractivity contribution in [2.45, 2.75) is 57.3 Å². The number of aliphatic hydroxyl groups is 1. The number of hydrogen-bond donors (Lipinski definition) is 1. The minimum atomic E-state index is -2.93. The third-order valence-electron chi connectivity index (χ3n) is 8.70. The molecule has 6 nitrogen and oxygen atoms in total. The second-order valence-corrected chi connectivity index (χ2v) is 17.4. The number of rotatable bonds is 17. The van der Waals surface area contributed by atoms with Gasteiger partial charge in [-0.25, -0.2) is 0 Å². The van der Waals surface area contributed by atoms with E-state index in [0.717, 1.165) is 16.9 Å². The Kier molecular flexibility index (Phi) is 12.8. The molecule has 0 aliphatic carbocycles. The summed E-state index contributed by atoms with van der Waals surface area (Å²) >= 11 is 0. The molecule has 0 saturated carbocycles. The van der Waals surface area contributed by atoms with Crippen LogP contribution in [0.2, 0.25) is 5.04 Å². The summed E-state index contributed by atoms with van der Waals surface area (Å²) < 4.78 is 32.0. The van der Waals surface area contributed by atoms with Crippen LogP contribution in [0.1, 0.15) is 31.9 Å². The lowest BCUT2D eigenvalue weighted by molar-refractivity contribution is -0.148. The van der Waals surface area contributed by atoms with Crippen LogP contribution in [-0.2, 0) is 27.1 Å². The SMILES string of the molecule is COc1ccc(OCC(O)C(OCc2ccccc2)C(CO[Si](c2ccccc2)(c2ccccc2)C(C)(C)C)OCc2ccccc2)cc1. The van der Waals surface area contributed by atoms with Crippen molar-refractivity contribution in [3.05, 3.63) is 157 Å². The minimum absolute atomic E-state index is 0.00377. The van der Waals surface area contributed by atoms with Gasteiger partial charge in [-0.3, -0.25) is 0 Å². The predicted octanol–water partition coefficient (Wildman–Crippen LogP) is 7.18. The third kappa shape index (κ3) is 9.47. The van der Waals surface area contributed by atoms with Gasteiger partial charge in [-0.05, 0) is 50.8 Å². The van der Waals surface area contributed by atoms with E-state index in [1.54, 1.807) is 7.11 Å². The zero-order chi connectivity index (χ0) is 34.5. The highest BCUT2D eigenvalue weighted by Gasteiger charge is 2.51. The van der Waals surface area contributed by atoms with Crippen molar-refractivity contribution >= 4 is 18.7 Å². The van der Waals surface area contributed by atoms with Crippen LogP contribution in [0, 0.1) is 0 Å². The van der Waals surface area contributed by atoms with Gasteiger partial charge in [-0.2, -0.15) is 0 Å². The van der Waals surface area contributed by atoms with Crippen LogP contribution in [0.15, 0.2) is 146 Å². The van der Waals surface area contributed by atoms with Gasteiger partial charge >= 0.3 is 0 Å². The first-order valence-electron chi connectivity index (χ1n) is 16.8. The lowest BCUT2D eigenvalue weighted by atomic mass is 10.1. The predicted molar refractivity (Wildman–Crippen MR) is 198 cm³/mol. The lowest BCUT2D eigenvalue weighted by Crippen LogP contribution is -2.67. The standard InChI is InChI=1S/C42H48O6Si/c1-42(2,3)49(37-21-13-7-14-22-37,38-23-15-8-16-24-38)48-32-40(46-29-33-17-9-5-10-18-33)41(47-30-34-19-11-6-12-20-34)39(43)31-45-36-27-25-35(44-4)26-28-36/h5-28,39-41,43H,29-32H2,1-4H3. The molecule has 0 aromatic heterocycles. The molecule has 49 heavy (non-hydrogen) atoms. The lowest BCUT2D eigenvalue weighted by Gasteiger charge is -2.44. The molecule has 5 aromatic rings. The van der Waals surface area contributed by atoms with Crippen LogP contribution in [0.3, 0.4) is 0 Å². The summed E-state index contributed by atoms with van der Waals surface area (Å²) in [5.41, 5.74) is 2.01. The van der Waals surface area contributed by atoms with Crippen molar-refractivity contribution < 1.29 is 28.5 Å². The molecule has 3 atom stereocenters. The van der Waals surface area contributed by atoms with Gasteiger partial charge < -0.3 is 28.5 Å². The molecule has 0 fully saturated rings. The molecule has 0 saturated heterocycles. The Hall–Kier alpha value is -4.24. The summed E-state index contributed by atoms with van der Waals surface area (Å²) in [6.45, 7) is 7.55. The number of hydrogen-bond acceptors (Lipinski definition) is 6. The first kappa shape index (κ1) is 36.0. The maximum Gasteiger partial charge on any atom is 0.261 e. The zero-order valence-corrected chi connectivity index (χ0v) is 29.9. The fraction of sp³-hybridized carbons (Fsp3) is 0.286. The zero-order valence-electron chi connectivity index (χ0n) is 28.9. The molecule has 5 rings (SSSR count). The van der Waals surface area contributed by atoms with E-state index in [1.807, 2.05) is 97.1 Å². The van der Waals surface area contributed by atoms with E-state index >= 15 is 0 Å². The molecule has 0 aliphatic rings. The van der Waals surface area contributed by atoms with E-state index in [-0.39, 0.29) is 24.9 Å². The Bertz CT molecular complexity index is 1610. The van der Waals surface area contributed by atoms with Gasteiger partial charge in [0.15, 0.2) is 0 Å². The van der Waals surface area contributed by atoms with E-state index in [9.17, 15) is 5.11 Å². The quantitative estimate of drug-likeness (QED) is 0.105. The molecule has 256 valence electrons. The monoisotopic (exact) mass is 676 g/mol. The van der Waals surface area contributed by atoms with Gasteiger partial charge in [-0.15, -0.1) is 0 Å². The van der Waals surface area contributed by atoms with Gasteiger partial charge in [0.1, 0.15) is 36.4 Å².